The number of thioether (sulfide) groups is 1. The molecule has 1 aromatic heterocycles. The molecule has 0 saturated heterocycles. The molecule has 1 aromatic carbocycles. The van der Waals surface area contributed by atoms with Gasteiger partial charge in [-0.3, -0.25) is 0 Å². The van der Waals surface area contributed by atoms with E-state index < -0.39 is 0 Å². The zero-order chi connectivity index (χ0) is 14.7. The fourth-order valence-corrected chi connectivity index (χ4v) is 3.22. The second-order valence-electron chi connectivity index (χ2n) is 5.14. The van der Waals surface area contributed by atoms with Gasteiger partial charge in [-0.1, -0.05) is 48.5 Å². The number of oxazole rings is 1. The minimum atomic E-state index is 0.0789. The zero-order valence-corrected chi connectivity index (χ0v) is 13.3. The lowest BCUT2D eigenvalue weighted by Gasteiger charge is -2.21. The van der Waals surface area contributed by atoms with Gasteiger partial charge in [0.15, 0.2) is 0 Å². The molecule has 2 unspecified atom stereocenters. The van der Waals surface area contributed by atoms with E-state index in [1.165, 1.54) is 11.1 Å². The lowest BCUT2D eigenvalue weighted by atomic mass is 10.0. The van der Waals surface area contributed by atoms with Gasteiger partial charge in [-0.15, -0.1) is 0 Å². The summed E-state index contributed by atoms with van der Waals surface area (Å²) in [6.45, 7) is 8.10. The van der Waals surface area contributed by atoms with Crippen LogP contribution in [0.1, 0.15) is 41.2 Å². The monoisotopic (exact) mass is 290 g/mol. The number of benzene rings is 1. The molecule has 0 saturated carbocycles. The third kappa shape index (κ3) is 3.44. The Hall–Kier alpha value is -1.26. The fraction of sp³-hybridized carbons (Fsp3) is 0.438. The van der Waals surface area contributed by atoms with Gasteiger partial charge >= 0.3 is 0 Å². The van der Waals surface area contributed by atoms with Crippen LogP contribution in [0.3, 0.4) is 0 Å². The van der Waals surface area contributed by atoms with Crippen LogP contribution in [0.5, 0.6) is 0 Å². The summed E-state index contributed by atoms with van der Waals surface area (Å²) in [6, 6.07) is 8.61. The highest BCUT2D eigenvalue weighted by Gasteiger charge is 2.22. The summed E-state index contributed by atoms with van der Waals surface area (Å²) in [5.74, 6) is 0.875. The molecule has 4 heteroatoms. The average molecular weight is 290 g/mol. The SMILES string of the molecule is CCC(N)C(Sc1nc(C)c(C)o1)c1ccc(C)cc1. The molecule has 0 fully saturated rings. The van der Waals surface area contributed by atoms with E-state index in [0.29, 0.717) is 5.22 Å². The van der Waals surface area contributed by atoms with Gasteiger partial charge in [0.05, 0.1) is 10.9 Å². The highest BCUT2D eigenvalue weighted by Crippen LogP contribution is 2.38. The maximum Gasteiger partial charge on any atom is 0.256 e. The van der Waals surface area contributed by atoms with E-state index in [0.717, 1.165) is 17.9 Å². The van der Waals surface area contributed by atoms with Crippen LogP contribution < -0.4 is 5.73 Å². The van der Waals surface area contributed by atoms with Gasteiger partial charge in [-0.05, 0) is 32.8 Å². The van der Waals surface area contributed by atoms with Crippen LogP contribution in [0.15, 0.2) is 33.9 Å². The highest BCUT2D eigenvalue weighted by atomic mass is 32.2. The number of nitrogens with two attached hydrogens (primary N) is 1. The third-order valence-corrected chi connectivity index (χ3v) is 4.75. The van der Waals surface area contributed by atoms with Crippen molar-refractivity contribution in [3.63, 3.8) is 0 Å². The van der Waals surface area contributed by atoms with E-state index >= 15 is 0 Å². The van der Waals surface area contributed by atoms with Crippen molar-refractivity contribution in [2.45, 2.75) is 50.6 Å². The zero-order valence-electron chi connectivity index (χ0n) is 12.5. The largest absolute Gasteiger partial charge is 0.437 e. The first-order valence-corrected chi connectivity index (χ1v) is 7.82. The molecule has 20 heavy (non-hydrogen) atoms. The van der Waals surface area contributed by atoms with Crippen molar-refractivity contribution in [2.24, 2.45) is 5.73 Å². The number of aryl methyl sites for hydroxylation is 3. The Kier molecular flexibility index (Phi) is 4.89. The molecule has 2 atom stereocenters. The van der Waals surface area contributed by atoms with E-state index in [4.69, 9.17) is 10.2 Å². The molecular weight excluding hydrogens is 268 g/mol. The number of hydrogen-bond acceptors (Lipinski definition) is 4. The lowest BCUT2D eigenvalue weighted by molar-refractivity contribution is 0.429. The second-order valence-corrected chi connectivity index (χ2v) is 6.24. The van der Waals surface area contributed by atoms with Crippen molar-refractivity contribution in [3.8, 4) is 0 Å². The molecule has 0 spiro atoms. The van der Waals surface area contributed by atoms with Crippen molar-refractivity contribution in [1.82, 2.24) is 4.98 Å². The summed E-state index contributed by atoms with van der Waals surface area (Å²) in [5.41, 5.74) is 9.71. The number of nitrogens with zero attached hydrogens (tertiary/aromatic N) is 1. The Balaban J connectivity index is 2.25. The molecule has 0 amide bonds. The van der Waals surface area contributed by atoms with E-state index in [1.807, 2.05) is 13.8 Å². The van der Waals surface area contributed by atoms with Gasteiger partial charge in [-0.2, -0.15) is 0 Å². The second kappa shape index (κ2) is 6.46. The number of hydrogen-bond donors (Lipinski definition) is 1. The van der Waals surface area contributed by atoms with Gasteiger partial charge < -0.3 is 10.2 Å². The summed E-state index contributed by atoms with van der Waals surface area (Å²) in [6.07, 6.45) is 0.921. The first kappa shape index (κ1) is 15.1. The van der Waals surface area contributed by atoms with Gasteiger partial charge in [0.25, 0.3) is 5.22 Å². The fourth-order valence-electron chi connectivity index (χ4n) is 1.98. The Bertz CT molecular complexity index is 543. The summed E-state index contributed by atoms with van der Waals surface area (Å²) in [5, 5.41) is 0.868. The number of aromatic nitrogens is 1. The Labute approximate surface area is 125 Å². The van der Waals surface area contributed by atoms with Crippen molar-refractivity contribution in [1.29, 1.82) is 0 Å². The van der Waals surface area contributed by atoms with Crippen molar-refractivity contribution in [3.05, 3.63) is 46.8 Å². The van der Waals surface area contributed by atoms with Gasteiger partial charge in [0.1, 0.15) is 5.76 Å². The predicted molar refractivity (Wildman–Crippen MR) is 84.0 cm³/mol. The van der Waals surface area contributed by atoms with E-state index in [1.54, 1.807) is 11.8 Å². The van der Waals surface area contributed by atoms with Crippen molar-refractivity contribution in [2.75, 3.05) is 0 Å². The molecule has 2 N–H and O–H groups in total. The molecule has 0 radical (unpaired) electrons. The highest BCUT2D eigenvalue weighted by molar-refractivity contribution is 7.99. The van der Waals surface area contributed by atoms with Crippen LogP contribution in [-0.2, 0) is 0 Å². The maximum atomic E-state index is 6.29. The van der Waals surface area contributed by atoms with Crippen molar-refractivity contribution < 1.29 is 4.42 Å². The number of rotatable bonds is 5. The minimum Gasteiger partial charge on any atom is -0.437 e. The van der Waals surface area contributed by atoms with Crippen molar-refractivity contribution >= 4 is 11.8 Å². The first-order valence-electron chi connectivity index (χ1n) is 6.94. The molecule has 3 nitrogen and oxygen atoms in total. The topological polar surface area (TPSA) is 52.0 Å². The molecule has 1 heterocycles. The molecule has 2 rings (SSSR count). The van der Waals surface area contributed by atoms with Crippen LogP contribution >= 0.6 is 11.8 Å². The molecule has 108 valence electrons. The molecule has 0 aliphatic rings. The molecule has 2 aromatic rings. The van der Waals surface area contributed by atoms with Gasteiger partial charge in [0, 0.05) is 6.04 Å². The third-order valence-electron chi connectivity index (χ3n) is 3.50. The quantitative estimate of drug-likeness (QED) is 0.840. The van der Waals surface area contributed by atoms with E-state index in [-0.39, 0.29) is 11.3 Å². The van der Waals surface area contributed by atoms with Crippen LogP contribution in [0.2, 0.25) is 0 Å². The van der Waals surface area contributed by atoms with Crippen LogP contribution in [0, 0.1) is 20.8 Å². The summed E-state index contributed by atoms with van der Waals surface area (Å²) < 4.78 is 5.68. The summed E-state index contributed by atoms with van der Waals surface area (Å²) in [4.78, 5) is 4.45. The lowest BCUT2D eigenvalue weighted by Crippen LogP contribution is -2.25. The van der Waals surface area contributed by atoms with Gasteiger partial charge in [0.2, 0.25) is 0 Å². The summed E-state index contributed by atoms with van der Waals surface area (Å²) in [7, 11) is 0. The van der Waals surface area contributed by atoms with E-state index in [9.17, 15) is 0 Å². The van der Waals surface area contributed by atoms with Gasteiger partial charge in [-0.25, -0.2) is 4.98 Å². The Morgan fingerprint density at radius 3 is 2.35 bits per heavy atom. The maximum absolute atomic E-state index is 6.29. The molecular formula is C16H22N2OS. The minimum absolute atomic E-state index is 0.0789. The Morgan fingerprint density at radius 1 is 1.20 bits per heavy atom. The van der Waals surface area contributed by atoms with E-state index in [2.05, 4.69) is 43.1 Å². The smallest absolute Gasteiger partial charge is 0.256 e. The molecule has 0 aliphatic heterocycles. The first-order chi connectivity index (χ1) is 9.51. The van der Waals surface area contributed by atoms with Crippen LogP contribution in [-0.4, -0.2) is 11.0 Å². The van der Waals surface area contributed by atoms with Crippen LogP contribution in [0.4, 0.5) is 0 Å². The Morgan fingerprint density at radius 2 is 1.85 bits per heavy atom. The predicted octanol–water partition coefficient (Wildman–Crippen LogP) is 4.17. The van der Waals surface area contributed by atoms with Crippen LogP contribution in [0.25, 0.3) is 0 Å². The normalized spacial score (nSPS) is 14.2. The average Bonchev–Trinajstić information content (AvgIpc) is 2.75. The molecule has 0 bridgehead atoms. The summed E-state index contributed by atoms with van der Waals surface area (Å²) >= 11 is 1.61. The molecule has 0 aliphatic carbocycles. The standard InChI is InChI=1S/C16H22N2OS/c1-5-14(17)15(13-8-6-10(2)7-9-13)20-16-18-11(3)12(4)19-16/h6-9,14-15H,5,17H2,1-4H3.